The number of methoxy groups -OCH3 is 1. The maximum absolute atomic E-state index is 13.5. The van der Waals surface area contributed by atoms with E-state index in [-0.39, 0.29) is 0 Å². The van der Waals surface area contributed by atoms with Gasteiger partial charge in [-0.3, -0.25) is 4.90 Å². The molecule has 0 saturated carbocycles. The van der Waals surface area contributed by atoms with Gasteiger partial charge in [-0.25, -0.2) is 4.98 Å². The fourth-order valence-corrected chi connectivity index (χ4v) is 8.41. The second kappa shape index (κ2) is 15.5. The highest BCUT2D eigenvalue weighted by Crippen LogP contribution is 2.41. The first-order chi connectivity index (χ1) is 24.1. The van der Waals surface area contributed by atoms with Gasteiger partial charge in [0.1, 0.15) is 18.7 Å². The third-order valence-corrected chi connectivity index (χ3v) is 11.9. The lowest BCUT2D eigenvalue weighted by molar-refractivity contribution is 0.0982. The third kappa shape index (κ3) is 8.00. The van der Waals surface area contributed by atoms with Crippen LogP contribution in [0.5, 0.6) is 5.75 Å². The van der Waals surface area contributed by atoms with Gasteiger partial charge in [0.15, 0.2) is 0 Å². The van der Waals surface area contributed by atoms with Gasteiger partial charge in [-0.2, -0.15) is 10.2 Å². The molecule has 0 aliphatic carbocycles. The van der Waals surface area contributed by atoms with Gasteiger partial charge < -0.3 is 29.7 Å². The number of anilines is 5. The van der Waals surface area contributed by atoms with Gasteiger partial charge in [0.05, 0.1) is 34.6 Å². The van der Waals surface area contributed by atoms with Crippen LogP contribution in [0.3, 0.4) is 0 Å². The molecule has 0 spiro atoms. The zero-order valence-electron chi connectivity index (χ0n) is 29.5. The quantitative estimate of drug-likeness (QED) is 0.160. The first kappa shape index (κ1) is 35.9. The van der Waals surface area contributed by atoms with Crippen LogP contribution in [0.2, 0.25) is 0 Å². The summed E-state index contributed by atoms with van der Waals surface area (Å²) in [4.78, 5) is 17.0. The molecule has 2 N–H and O–H groups in total. The summed E-state index contributed by atoms with van der Waals surface area (Å²) < 4.78 is 20.1. The van der Waals surface area contributed by atoms with Gasteiger partial charge in [-0.05, 0) is 96.5 Å². The van der Waals surface area contributed by atoms with E-state index >= 15 is 0 Å². The SMILES string of the molecule is CCc1cc(Nc2ncc(Br)c(Nc3ccc(-c4ccccc4C#N)cc3P(C)(C)=O)n2)c(OC)cc1N1CCC(N2CCN(C)CC2)CC1. The molecule has 0 bridgehead atoms. The summed E-state index contributed by atoms with van der Waals surface area (Å²) in [5.74, 6) is 1.65. The molecule has 0 atom stereocenters. The molecule has 4 aromatic rings. The number of ether oxygens (including phenoxy) is 1. The van der Waals surface area contributed by atoms with Crippen LogP contribution in [-0.2, 0) is 11.0 Å². The second-order valence-electron chi connectivity index (χ2n) is 13.5. The van der Waals surface area contributed by atoms with Crippen molar-refractivity contribution in [3.63, 3.8) is 0 Å². The van der Waals surface area contributed by atoms with Crippen molar-refractivity contribution in [2.24, 2.45) is 0 Å². The molecular weight excluding hydrogens is 711 g/mol. The number of piperidine rings is 1. The predicted molar refractivity (Wildman–Crippen MR) is 209 cm³/mol. The highest BCUT2D eigenvalue weighted by atomic mass is 79.9. The zero-order chi connectivity index (χ0) is 35.4. The van der Waals surface area contributed by atoms with Crippen molar-refractivity contribution in [2.45, 2.75) is 32.2 Å². The van der Waals surface area contributed by atoms with E-state index in [4.69, 9.17) is 9.72 Å². The van der Waals surface area contributed by atoms with E-state index in [1.54, 1.807) is 32.7 Å². The molecule has 2 fully saturated rings. The summed E-state index contributed by atoms with van der Waals surface area (Å²) in [6.07, 6.45) is 4.91. The van der Waals surface area contributed by atoms with Gasteiger partial charge in [0.25, 0.3) is 0 Å². The Morgan fingerprint density at radius 2 is 1.74 bits per heavy atom. The molecule has 262 valence electrons. The predicted octanol–water partition coefficient (Wildman–Crippen LogP) is 7.30. The molecule has 2 aliphatic rings. The molecule has 0 amide bonds. The number of likely N-dealkylation sites (N-methyl/N-ethyl adjacent to an activating group) is 1. The minimum absolute atomic E-state index is 0.397. The first-order valence-electron chi connectivity index (χ1n) is 17.2. The van der Waals surface area contributed by atoms with Gasteiger partial charge in [-0.15, -0.1) is 0 Å². The Morgan fingerprint density at radius 3 is 2.42 bits per heavy atom. The highest BCUT2D eigenvalue weighted by Gasteiger charge is 2.28. The average molecular weight is 758 g/mol. The van der Waals surface area contributed by atoms with E-state index in [2.05, 4.69) is 78.4 Å². The lowest BCUT2D eigenvalue weighted by Crippen LogP contribution is -2.52. The number of halogens is 1. The van der Waals surface area contributed by atoms with Crippen molar-refractivity contribution in [2.75, 3.05) is 82.3 Å². The summed E-state index contributed by atoms with van der Waals surface area (Å²) >= 11 is 3.60. The minimum atomic E-state index is -2.74. The van der Waals surface area contributed by atoms with Crippen molar-refractivity contribution >= 4 is 57.2 Å². The molecular formula is C38H46BrN8O2P. The van der Waals surface area contributed by atoms with E-state index in [0.29, 0.717) is 38.8 Å². The van der Waals surface area contributed by atoms with Gasteiger partial charge in [0, 0.05) is 68.6 Å². The molecule has 1 aromatic heterocycles. The Balaban J connectivity index is 1.22. The van der Waals surface area contributed by atoms with Crippen LogP contribution in [0, 0.1) is 11.3 Å². The number of nitrogens with zero attached hydrogens (tertiary/aromatic N) is 6. The second-order valence-corrected chi connectivity index (χ2v) is 17.5. The molecule has 0 radical (unpaired) electrons. The molecule has 12 heteroatoms. The van der Waals surface area contributed by atoms with Gasteiger partial charge >= 0.3 is 0 Å². The molecule has 6 rings (SSSR count). The Bertz CT molecular complexity index is 1930. The number of hydrogen-bond acceptors (Lipinski definition) is 10. The van der Waals surface area contributed by atoms with Crippen LogP contribution in [0.15, 0.2) is 65.3 Å². The maximum Gasteiger partial charge on any atom is 0.229 e. The summed E-state index contributed by atoms with van der Waals surface area (Å²) in [6, 6.07) is 20.4. The number of rotatable bonds is 10. The summed E-state index contributed by atoms with van der Waals surface area (Å²) in [6.45, 7) is 12.4. The fraction of sp³-hybridized carbons (Fsp3) is 0.395. The van der Waals surface area contributed by atoms with E-state index in [0.717, 1.165) is 68.3 Å². The molecule has 3 aromatic carbocycles. The van der Waals surface area contributed by atoms with Crippen molar-refractivity contribution in [1.82, 2.24) is 19.8 Å². The molecule has 2 saturated heterocycles. The first-order valence-corrected chi connectivity index (χ1v) is 20.6. The smallest absolute Gasteiger partial charge is 0.229 e. The number of nitriles is 1. The number of nitrogens with one attached hydrogen (secondary N) is 2. The van der Waals surface area contributed by atoms with Crippen LogP contribution in [0.25, 0.3) is 11.1 Å². The molecule has 50 heavy (non-hydrogen) atoms. The normalized spacial score (nSPS) is 16.2. The van der Waals surface area contributed by atoms with E-state index in [9.17, 15) is 9.83 Å². The Hall–Kier alpha value is -3.94. The largest absolute Gasteiger partial charge is 0.494 e. The topological polar surface area (TPSA) is 110 Å². The maximum atomic E-state index is 13.5. The fourth-order valence-electron chi connectivity index (χ4n) is 6.96. The van der Waals surface area contributed by atoms with Gasteiger partial charge in [0.2, 0.25) is 5.95 Å². The monoisotopic (exact) mass is 756 g/mol. The van der Waals surface area contributed by atoms with Crippen molar-refractivity contribution < 1.29 is 9.30 Å². The number of aryl methyl sites for hydroxylation is 1. The lowest BCUT2D eigenvalue weighted by Gasteiger charge is -2.43. The highest BCUT2D eigenvalue weighted by molar-refractivity contribution is 9.10. The van der Waals surface area contributed by atoms with Gasteiger partial charge in [-0.1, -0.05) is 31.2 Å². The summed E-state index contributed by atoms with van der Waals surface area (Å²) in [5, 5.41) is 17.1. The van der Waals surface area contributed by atoms with Crippen molar-refractivity contribution in [3.8, 4) is 22.9 Å². The zero-order valence-corrected chi connectivity index (χ0v) is 32.0. The van der Waals surface area contributed by atoms with Crippen LogP contribution in [0.4, 0.5) is 28.8 Å². The van der Waals surface area contributed by atoms with Crippen LogP contribution < -0.4 is 25.6 Å². The van der Waals surface area contributed by atoms with Crippen molar-refractivity contribution in [3.05, 3.63) is 76.4 Å². The Kier molecular flexibility index (Phi) is 11.1. The van der Waals surface area contributed by atoms with E-state index < -0.39 is 7.14 Å². The van der Waals surface area contributed by atoms with E-state index in [1.807, 2.05) is 36.4 Å². The minimum Gasteiger partial charge on any atom is -0.494 e. The van der Waals surface area contributed by atoms with Crippen LogP contribution in [-0.4, -0.2) is 92.6 Å². The average Bonchev–Trinajstić information content (AvgIpc) is 3.13. The number of piperazine rings is 1. The van der Waals surface area contributed by atoms with Crippen molar-refractivity contribution in [1.29, 1.82) is 5.26 Å². The van der Waals surface area contributed by atoms with Crippen LogP contribution >= 0.6 is 23.1 Å². The summed E-state index contributed by atoms with van der Waals surface area (Å²) in [7, 11) is 1.17. The number of hydrogen-bond donors (Lipinski definition) is 2. The van der Waals surface area contributed by atoms with E-state index in [1.165, 1.54) is 24.1 Å². The standard InChI is InChI=1S/C38H46BrN8O2P/c1-6-26-21-33(35(49-3)23-34(26)47-15-13-29(14-16-47)46-19-17-45(2)18-20-46)43-38-41-25-31(39)37(44-38)42-32-12-11-27(22-36(32)50(4,5)48)30-10-8-7-9-28(30)24-40/h7-12,21-23,25,29H,6,13-20H2,1-5H3,(H2,41,42,43,44). The Labute approximate surface area is 304 Å². The lowest BCUT2D eigenvalue weighted by atomic mass is 9.99. The molecule has 3 heterocycles. The molecule has 10 nitrogen and oxygen atoms in total. The Morgan fingerprint density at radius 1 is 1.00 bits per heavy atom. The number of aromatic nitrogens is 2. The number of benzene rings is 3. The molecule has 2 aliphatic heterocycles. The molecule has 0 unspecified atom stereocenters. The summed E-state index contributed by atoms with van der Waals surface area (Å²) in [5.41, 5.74) is 6.13. The third-order valence-electron chi connectivity index (χ3n) is 9.82. The van der Waals surface area contributed by atoms with Crippen LogP contribution in [0.1, 0.15) is 30.9 Å².